The number of hydrogen-bond donors (Lipinski definition) is 0. The van der Waals surface area contributed by atoms with Crippen LogP contribution in [0, 0.1) is 0 Å². The molecule has 0 radical (unpaired) electrons. The molecule has 4 heteroatoms. The lowest BCUT2D eigenvalue weighted by Crippen LogP contribution is -2.08. The highest BCUT2D eigenvalue weighted by Crippen LogP contribution is 2.41. The van der Waals surface area contributed by atoms with Crippen LogP contribution in [0.4, 0.5) is 0 Å². The molecule has 7 aromatic carbocycles. The molecule has 0 amide bonds. The number of furan rings is 1. The maximum atomic E-state index is 6.54. The fraction of sp³-hybridized carbons (Fsp3) is 0.0426. The second-order valence-electron chi connectivity index (χ2n) is 13.1. The van der Waals surface area contributed by atoms with Crippen LogP contribution in [0.2, 0.25) is 0 Å². The smallest absolute Gasteiger partial charge is 0.164 e. The first kappa shape index (κ1) is 29.3. The molecule has 240 valence electrons. The monoisotopic (exact) mass is 653 g/mol. The molecule has 0 fully saturated rings. The summed E-state index contributed by atoms with van der Waals surface area (Å²) in [7, 11) is 0. The Bertz CT molecular complexity index is 2840. The Kier molecular flexibility index (Phi) is 6.91. The molecule has 2 aromatic heterocycles. The van der Waals surface area contributed by atoms with Crippen LogP contribution in [0.25, 0.3) is 83.0 Å². The molecule has 10 rings (SSSR count). The van der Waals surface area contributed by atoms with E-state index in [9.17, 15) is 0 Å². The Morgan fingerprint density at radius 1 is 0.490 bits per heavy atom. The number of para-hydroxylation sites is 1. The normalized spacial score (nSPS) is 14.4. The summed E-state index contributed by atoms with van der Waals surface area (Å²) in [5.74, 6) is 2.03. The van der Waals surface area contributed by atoms with E-state index in [1.807, 2.05) is 30.3 Å². The molecule has 9 aromatic rings. The van der Waals surface area contributed by atoms with Gasteiger partial charge < -0.3 is 4.42 Å². The summed E-state index contributed by atoms with van der Waals surface area (Å²) in [5.41, 5.74) is 8.16. The predicted molar refractivity (Wildman–Crippen MR) is 209 cm³/mol. The Morgan fingerprint density at radius 3 is 1.90 bits per heavy atom. The Labute approximate surface area is 295 Å². The van der Waals surface area contributed by atoms with Crippen LogP contribution in [0.3, 0.4) is 0 Å². The van der Waals surface area contributed by atoms with Crippen molar-refractivity contribution in [2.45, 2.75) is 12.3 Å². The number of allylic oxidation sites excluding steroid dienone is 4. The van der Waals surface area contributed by atoms with E-state index in [1.165, 1.54) is 32.7 Å². The van der Waals surface area contributed by atoms with E-state index >= 15 is 0 Å². The van der Waals surface area contributed by atoms with Crippen LogP contribution in [-0.2, 0) is 0 Å². The summed E-state index contributed by atoms with van der Waals surface area (Å²) in [6, 6.07) is 52.8. The fourth-order valence-corrected chi connectivity index (χ4v) is 7.55. The summed E-state index contributed by atoms with van der Waals surface area (Å²) in [6.45, 7) is 0. The van der Waals surface area contributed by atoms with E-state index in [1.54, 1.807) is 0 Å². The number of nitrogens with zero attached hydrogens (tertiary/aromatic N) is 3. The van der Waals surface area contributed by atoms with Crippen LogP contribution in [0.5, 0.6) is 0 Å². The quantitative estimate of drug-likeness (QED) is 0.185. The zero-order chi connectivity index (χ0) is 33.7. The summed E-state index contributed by atoms with van der Waals surface area (Å²) < 4.78 is 6.54. The highest BCUT2D eigenvalue weighted by atomic mass is 16.3. The molecule has 0 N–H and O–H groups in total. The van der Waals surface area contributed by atoms with Gasteiger partial charge in [0.15, 0.2) is 11.6 Å². The first-order valence-corrected chi connectivity index (χ1v) is 17.4. The summed E-state index contributed by atoms with van der Waals surface area (Å²) >= 11 is 0. The fourth-order valence-electron chi connectivity index (χ4n) is 7.55. The third kappa shape index (κ3) is 5.12. The zero-order valence-corrected chi connectivity index (χ0v) is 27.7. The highest BCUT2D eigenvalue weighted by molar-refractivity contribution is 6.14. The molecule has 0 bridgehead atoms. The molecule has 4 nitrogen and oxygen atoms in total. The minimum absolute atomic E-state index is 0.00854. The zero-order valence-electron chi connectivity index (χ0n) is 27.7. The van der Waals surface area contributed by atoms with Crippen molar-refractivity contribution in [3.63, 3.8) is 0 Å². The molecule has 1 unspecified atom stereocenters. The van der Waals surface area contributed by atoms with Gasteiger partial charge >= 0.3 is 0 Å². The SMILES string of the molecule is C1=CC(c2nc(-c3ccccc3)nc(-c3cc(-c4cccc5ccccc45)cc4oc5ccccc5c34)n2)CC=C1c1cccc2ccccc12. The second-order valence-corrected chi connectivity index (χ2v) is 13.1. The maximum Gasteiger partial charge on any atom is 0.164 e. The lowest BCUT2D eigenvalue weighted by molar-refractivity contribution is 0.669. The van der Waals surface area contributed by atoms with E-state index < -0.39 is 0 Å². The summed E-state index contributed by atoms with van der Waals surface area (Å²) in [5, 5.41) is 6.91. The number of aromatic nitrogens is 3. The van der Waals surface area contributed by atoms with E-state index in [0.717, 1.165) is 56.4 Å². The van der Waals surface area contributed by atoms with Crippen molar-refractivity contribution in [1.29, 1.82) is 0 Å². The van der Waals surface area contributed by atoms with E-state index in [0.29, 0.717) is 11.6 Å². The lowest BCUT2D eigenvalue weighted by Gasteiger charge is -2.18. The van der Waals surface area contributed by atoms with E-state index in [4.69, 9.17) is 19.4 Å². The molecule has 0 spiro atoms. The van der Waals surface area contributed by atoms with Gasteiger partial charge in [-0.1, -0.05) is 152 Å². The first-order valence-electron chi connectivity index (χ1n) is 17.4. The molecule has 0 saturated carbocycles. The van der Waals surface area contributed by atoms with Gasteiger partial charge in [-0.25, -0.2) is 15.0 Å². The molecule has 0 saturated heterocycles. The van der Waals surface area contributed by atoms with E-state index in [2.05, 4.69) is 140 Å². The van der Waals surface area contributed by atoms with Crippen LogP contribution in [0.1, 0.15) is 23.7 Å². The Balaban J connectivity index is 1.16. The van der Waals surface area contributed by atoms with Crippen molar-refractivity contribution in [3.8, 4) is 33.9 Å². The Morgan fingerprint density at radius 2 is 1.14 bits per heavy atom. The molecular formula is C47H31N3O. The second kappa shape index (κ2) is 12.0. The van der Waals surface area contributed by atoms with Crippen LogP contribution >= 0.6 is 0 Å². The molecule has 2 heterocycles. The standard InChI is InChI=1S/C47H31N3O/c1-2-14-33(15-3-1)45-48-46(34-26-24-32(25-27-34)38-21-10-16-30-12-4-6-18-36(30)38)50-47(49-45)41-28-35(39-22-11-17-31-13-5-7-19-37(31)39)29-43-44(41)40-20-8-9-23-42(40)51-43/h1-26,28-29,34H,27H2. The van der Waals surface area contributed by atoms with Crippen molar-refractivity contribution < 1.29 is 4.42 Å². The first-order chi connectivity index (χ1) is 25.3. The van der Waals surface area contributed by atoms with Crippen molar-refractivity contribution in [3.05, 3.63) is 181 Å². The predicted octanol–water partition coefficient (Wildman–Crippen LogP) is 12.2. The van der Waals surface area contributed by atoms with Crippen molar-refractivity contribution in [2.24, 2.45) is 0 Å². The molecule has 1 aliphatic carbocycles. The van der Waals surface area contributed by atoms with Gasteiger partial charge in [0, 0.05) is 27.8 Å². The van der Waals surface area contributed by atoms with Gasteiger partial charge in [0.1, 0.15) is 17.0 Å². The summed E-state index contributed by atoms with van der Waals surface area (Å²) in [4.78, 5) is 15.6. The largest absolute Gasteiger partial charge is 0.456 e. The van der Waals surface area contributed by atoms with E-state index in [-0.39, 0.29) is 5.92 Å². The number of hydrogen-bond acceptors (Lipinski definition) is 4. The molecule has 1 atom stereocenters. The molecular weight excluding hydrogens is 623 g/mol. The van der Waals surface area contributed by atoms with Gasteiger partial charge in [-0.2, -0.15) is 0 Å². The third-order valence-electron chi connectivity index (χ3n) is 10.0. The highest BCUT2D eigenvalue weighted by Gasteiger charge is 2.23. The van der Waals surface area contributed by atoms with Gasteiger partial charge in [0.05, 0.1) is 0 Å². The maximum absolute atomic E-state index is 6.54. The Hall–Kier alpha value is -6.65. The molecule has 1 aliphatic rings. The lowest BCUT2D eigenvalue weighted by atomic mass is 9.90. The molecule has 51 heavy (non-hydrogen) atoms. The van der Waals surface area contributed by atoms with Crippen molar-refractivity contribution in [2.75, 3.05) is 0 Å². The topological polar surface area (TPSA) is 51.8 Å². The van der Waals surface area contributed by atoms with Gasteiger partial charge in [-0.15, -0.1) is 0 Å². The minimum Gasteiger partial charge on any atom is -0.456 e. The average Bonchev–Trinajstić information content (AvgIpc) is 3.59. The number of benzene rings is 7. The summed E-state index contributed by atoms with van der Waals surface area (Å²) in [6.07, 6.45) is 7.58. The average molecular weight is 654 g/mol. The van der Waals surface area contributed by atoms with Gasteiger partial charge in [-0.05, 0) is 68.4 Å². The number of fused-ring (bicyclic) bond motifs is 5. The van der Waals surface area contributed by atoms with Crippen molar-refractivity contribution >= 4 is 49.1 Å². The van der Waals surface area contributed by atoms with Gasteiger partial charge in [-0.3, -0.25) is 0 Å². The number of rotatable bonds is 5. The van der Waals surface area contributed by atoms with Crippen LogP contribution in [0.15, 0.2) is 174 Å². The van der Waals surface area contributed by atoms with Crippen LogP contribution < -0.4 is 0 Å². The van der Waals surface area contributed by atoms with Crippen molar-refractivity contribution in [1.82, 2.24) is 15.0 Å². The molecule has 0 aliphatic heterocycles. The van der Waals surface area contributed by atoms with Gasteiger partial charge in [0.25, 0.3) is 0 Å². The minimum atomic E-state index is -0.00854. The van der Waals surface area contributed by atoms with Crippen LogP contribution in [-0.4, -0.2) is 15.0 Å². The van der Waals surface area contributed by atoms with Gasteiger partial charge in [0.2, 0.25) is 0 Å². The third-order valence-corrected chi connectivity index (χ3v) is 10.0.